The predicted octanol–water partition coefficient (Wildman–Crippen LogP) is 2.33. The topological polar surface area (TPSA) is 51.9 Å². The van der Waals surface area contributed by atoms with Crippen LogP contribution in [0.15, 0.2) is 42.7 Å². The number of carbonyl (C=O) groups excluding carboxylic acids is 1. The molecule has 0 saturated heterocycles. The van der Waals surface area contributed by atoms with Crippen molar-refractivity contribution in [3.8, 4) is 0 Å². The highest BCUT2D eigenvalue weighted by atomic mass is 19.1. The van der Waals surface area contributed by atoms with E-state index in [0.717, 1.165) is 13.0 Å². The molecule has 1 N–H and O–H groups in total. The number of benzene rings is 1. The number of aryl methyl sites for hydroxylation is 2. The highest BCUT2D eigenvalue weighted by Crippen LogP contribution is 2.21. The van der Waals surface area contributed by atoms with Gasteiger partial charge in [-0.15, -0.1) is 0 Å². The first-order valence-electron chi connectivity index (χ1n) is 7.16. The fourth-order valence-corrected chi connectivity index (χ4v) is 2.51. The van der Waals surface area contributed by atoms with Crippen molar-refractivity contribution in [1.29, 1.82) is 0 Å². The Hall–Kier alpha value is -2.63. The number of rotatable bonds is 5. The van der Waals surface area contributed by atoms with E-state index in [1.807, 2.05) is 16.9 Å². The summed E-state index contributed by atoms with van der Waals surface area (Å²) >= 11 is 0. The number of nitrogens with one attached hydrogen (secondary N) is 1. The Balaban J connectivity index is 1.65. The van der Waals surface area contributed by atoms with Crippen molar-refractivity contribution < 1.29 is 9.18 Å². The van der Waals surface area contributed by atoms with Crippen LogP contribution in [0.1, 0.15) is 16.9 Å². The van der Waals surface area contributed by atoms with E-state index in [9.17, 15) is 9.18 Å². The van der Waals surface area contributed by atoms with Crippen molar-refractivity contribution in [2.45, 2.75) is 13.0 Å². The van der Waals surface area contributed by atoms with E-state index in [0.29, 0.717) is 23.1 Å². The summed E-state index contributed by atoms with van der Waals surface area (Å²) in [6.45, 7) is 1.29. The van der Waals surface area contributed by atoms with Gasteiger partial charge in [-0.2, -0.15) is 5.10 Å². The molecule has 0 bridgehead atoms. The normalized spacial score (nSPS) is 11.0. The minimum Gasteiger partial charge on any atom is -0.351 e. The summed E-state index contributed by atoms with van der Waals surface area (Å²) in [7, 11) is 1.76. The molecule has 0 unspecified atom stereocenters. The van der Waals surface area contributed by atoms with Gasteiger partial charge in [0.25, 0.3) is 5.91 Å². The zero-order valence-corrected chi connectivity index (χ0v) is 12.3. The number of amides is 1. The maximum atomic E-state index is 13.8. The van der Waals surface area contributed by atoms with Crippen molar-refractivity contribution in [2.75, 3.05) is 6.54 Å². The Labute approximate surface area is 127 Å². The first-order valence-corrected chi connectivity index (χ1v) is 7.16. The zero-order valence-electron chi connectivity index (χ0n) is 12.3. The first-order chi connectivity index (χ1) is 10.7. The van der Waals surface area contributed by atoms with Gasteiger partial charge in [-0.05, 0) is 30.7 Å². The van der Waals surface area contributed by atoms with E-state index in [2.05, 4.69) is 10.4 Å². The highest BCUT2D eigenvalue weighted by molar-refractivity contribution is 5.98. The van der Waals surface area contributed by atoms with Crippen LogP contribution in [0, 0.1) is 5.82 Å². The third kappa shape index (κ3) is 2.72. The standard InChI is InChI=1S/C16H17FN4O/c1-20-14-6-2-5-13(17)12(14)11-15(20)16(22)18-7-3-9-21-10-4-8-19-21/h2,4-6,8,10-11H,3,7,9H2,1H3,(H,18,22). The number of fused-ring (bicyclic) bond motifs is 1. The van der Waals surface area contributed by atoms with E-state index in [1.54, 1.807) is 36.0 Å². The van der Waals surface area contributed by atoms with Gasteiger partial charge in [-0.25, -0.2) is 4.39 Å². The van der Waals surface area contributed by atoms with Crippen LogP contribution in [-0.4, -0.2) is 26.8 Å². The average molecular weight is 300 g/mol. The van der Waals surface area contributed by atoms with Gasteiger partial charge in [0.1, 0.15) is 11.5 Å². The second kappa shape index (κ2) is 6.01. The summed E-state index contributed by atoms with van der Waals surface area (Å²) in [5.41, 5.74) is 1.17. The van der Waals surface area contributed by atoms with E-state index in [1.165, 1.54) is 6.07 Å². The molecule has 0 atom stereocenters. The molecule has 2 aromatic heterocycles. The molecule has 2 heterocycles. The molecule has 3 aromatic rings. The van der Waals surface area contributed by atoms with Gasteiger partial charge in [0.15, 0.2) is 0 Å². The molecule has 0 spiro atoms. The molecule has 1 amide bonds. The lowest BCUT2D eigenvalue weighted by atomic mass is 10.2. The maximum absolute atomic E-state index is 13.8. The summed E-state index contributed by atoms with van der Waals surface area (Å²) in [6, 6.07) is 8.29. The molecule has 0 aliphatic carbocycles. The summed E-state index contributed by atoms with van der Waals surface area (Å²) < 4.78 is 17.3. The molecule has 0 saturated carbocycles. The summed E-state index contributed by atoms with van der Waals surface area (Å²) in [5, 5.41) is 7.43. The van der Waals surface area contributed by atoms with Gasteiger partial charge in [0.2, 0.25) is 0 Å². The first kappa shape index (κ1) is 14.3. The summed E-state index contributed by atoms with van der Waals surface area (Å²) in [5.74, 6) is -0.510. The average Bonchev–Trinajstić information content (AvgIpc) is 3.13. The van der Waals surface area contributed by atoms with Gasteiger partial charge < -0.3 is 9.88 Å². The molecule has 5 nitrogen and oxygen atoms in total. The van der Waals surface area contributed by atoms with E-state index in [-0.39, 0.29) is 11.7 Å². The fraction of sp³-hybridized carbons (Fsp3) is 0.250. The van der Waals surface area contributed by atoms with Gasteiger partial charge in [0.05, 0.1) is 5.52 Å². The zero-order chi connectivity index (χ0) is 15.5. The third-order valence-electron chi connectivity index (χ3n) is 3.68. The molecule has 0 radical (unpaired) electrons. The minimum atomic E-state index is -0.314. The molecule has 3 rings (SSSR count). The number of nitrogens with zero attached hydrogens (tertiary/aromatic N) is 3. The van der Waals surface area contributed by atoms with Gasteiger partial charge in [-0.3, -0.25) is 9.48 Å². The Morgan fingerprint density at radius 2 is 2.23 bits per heavy atom. The Bertz CT molecular complexity index is 792. The number of halogens is 1. The van der Waals surface area contributed by atoms with Gasteiger partial charge in [0, 0.05) is 37.9 Å². The van der Waals surface area contributed by atoms with Gasteiger partial charge in [-0.1, -0.05) is 6.07 Å². The van der Waals surface area contributed by atoms with Crippen LogP contribution in [0.3, 0.4) is 0 Å². The number of hydrogen-bond acceptors (Lipinski definition) is 2. The second-order valence-corrected chi connectivity index (χ2v) is 5.14. The van der Waals surface area contributed by atoms with Crippen LogP contribution in [-0.2, 0) is 13.6 Å². The number of aromatic nitrogens is 3. The van der Waals surface area contributed by atoms with Crippen molar-refractivity contribution in [2.24, 2.45) is 7.05 Å². The molecule has 0 aliphatic rings. The number of carbonyl (C=O) groups is 1. The molecule has 0 aliphatic heterocycles. The van der Waals surface area contributed by atoms with Crippen LogP contribution in [0.2, 0.25) is 0 Å². The predicted molar refractivity (Wildman–Crippen MR) is 82.1 cm³/mol. The molecule has 1 aromatic carbocycles. The van der Waals surface area contributed by atoms with Crippen molar-refractivity contribution in [1.82, 2.24) is 19.7 Å². The SMILES string of the molecule is Cn1c(C(=O)NCCCn2cccn2)cc2c(F)cccc21. The van der Waals surface area contributed by atoms with Crippen molar-refractivity contribution in [3.63, 3.8) is 0 Å². The second-order valence-electron chi connectivity index (χ2n) is 5.14. The fourth-order valence-electron chi connectivity index (χ4n) is 2.51. The van der Waals surface area contributed by atoms with Crippen LogP contribution >= 0.6 is 0 Å². The van der Waals surface area contributed by atoms with Crippen LogP contribution < -0.4 is 5.32 Å². The Morgan fingerprint density at radius 1 is 1.36 bits per heavy atom. The van der Waals surface area contributed by atoms with Gasteiger partial charge >= 0.3 is 0 Å². The van der Waals surface area contributed by atoms with E-state index >= 15 is 0 Å². The maximum Gasteiger partial charge on any atom is 0.267 e. The lowest BCUT2D eigenvalue weighted by Crippen LogP contribution is -2.27. The summed E-state index contributed by atoms with van der Waals surface area (Å²) in [6.07, 6.45) is 4.39. The van der Waals surface area contributed by atoms with Crippen LogP contribution in [0.25, 0.3) is 10.9 Å². The van der Waals surface area contributed by atoms with E-state index in [4.69, 9.17) is 0 Å². The Kier molecular flexibility index (Phi) is 3.91. The lowest BCUT2D eigenvalue weighted by Gasteiger charge is -2.06. The molecular formula is C16H17FN4O. The third-order valence-corrected chi connectivity index (χ3v) is 3.68. The van der Waals surface area contributed by atoms with Crippen molar-refractivity contribution in [3.05, 3.63) is 54.2 Å². The Morgan fingerprint density at radius 3 is 2.95 bits per heavy atom. The molecule has 6 heteroatoms. The largest absolute Gasteiger partial charge is 0.351 e. The summed E-state index contributed by atoms with van der Waals surface area (Å²) in [4.78, 5) is 12.2. The number of hydrogen-bond donors (Lipinski definition) is 1. The van der Waals surface area contributed by atoms with E-state index < -0.39 is 0 Å². The smallest absolute Gasteiger partial charge is 0.267 e. The van der Waals surface area contributed by atoms with Crippen molar-refractivity contribution >= 4 is 16.8 Å². The monoisotopic (exact) mass is 300 g/mol. The molecule has 22 heavy (non-hydrogen) atoms. The molecule has 114 valence electrons. The quantitative estimate of drug-likeness (QED) is 0.735. The molecular weight excluding hydrogens is 283 g/mol. The lowest BCUT2D eigenvalue weighted by molar-refractivity contribution is 0.0945. The van der Waals surface area contributed by atoms with Crippen LogP contribution in [0.5, 0.6) is 0 Å². The van der Waals surface area contributed by atoms with Crippen LogP contribution in [0.4, 0.5) is 4.39 Å². The minimum absolute atomic E-state index is 0.196. The highest BCUT2D eigenvalue weighted by Gasteiger charge is 2.14. The molecule has 0 fully saturated rings.